The zero-order valence-corrected chi connectivity index (χ0v) is 13.7. The van der Waals surface area contributed by atoms with Gasteiger partial charge in [-0.3, -0.25) is 4.57 Å². The van der Waals surface area contributed by atoms with Crippen LogP contribution in [0.2, 0.25) is 0 Å². The van der Waals surface area contributed by atoms with Gasteiger partial charge in [0.1, 0.15) is 5.75 Å². The van der Waals surface area contributed by atoms with E-state index < -0.39 is 0 Å². The molecule has 0 aliphatic carbocycles. The Morgan fingerprint density at radius 2 is 1.36 bits per heavy atom. The van der Waals surface area contributed by atoms with E-state index in [2.05, 4.69) is 41.4 Å². The van der Waals surface area contributed by atoms with Crippen LogP contribution in [-0.2, 0) is 6.54 Å². The highest BCUT2D eigenvalue weighted by Crippen LogP contribution is 2.26. The summed E-state index contributed by atoms with van der Waals surface area (Å²) >= 11 is 0. The Balaban J connectivity index is 1.51. The van der Waals surface area contributed by atoms with Gasteiger partial charge in [-0.05, 0) is 28.8 Å². The molecule has 25 heavy (non-hydrogen) atoms. The average Bonchev–Trinajstić information content (AvgIpc) is 3.10. The van der Waals surface area contributed by atoms with E-state index in [1.165, 1.54) is 16.7 Å². The van der Waals surface area contributed by atoms with Gasteiger partial charge in [-0.25, -0.2) is 4.98 Å². The molecule has 0 N–H and O–H groups in total. The number of rotatable bonds is 5. The number of benzene rings is 3. The standard InChI is InChI=1S/C22H18N2O/c1-3-7-18(8-4-1)16-24-17-23-15-22(24)25-21-13-11-20(12-14-21)19-9-5-2-6-10-19/h1-15,17H,16H2. The third-order valence-corrected chi connectivity index (χ3v) is 4.05. The first-order chi connectivity index (χ1) is 12.4. The van der Waals surface area contributed by atoms with Crippen molar-refractivity contribution in [3.8, 4) is 22.8 Å². The summed E-state index contributed by atoms with van der Waals surface area (Å²) < 4.78 is 8.01. The minimum atomic E-state index is 0.733. The van der Waals surface area contributed by atoms with Crippen LogP contribution in [0.5, 0.6) is 11.6 Å². The van der Waals surface area contributed by atoms with Crippen molar-refractivity contribution in [2.75, 3.05) is 0 Å². The molecule has 1 aromatic heterocycles. The second kappa shape index (κ2) is 7.05. The molecule has 4 rings (SSSR count). The van der Waals surface area contributed by atoms with E-state index in [1.807, 2.05) is 53.1 Å². The van der Waals surface area contributed by atoms with Crippen molar-refractivity contribution in [1.82, 2.24) is 9.55 Å². The smallest absolute Gasteiger partial charge is 0.219 e. The SMILES string of the molecule is c1ccc(Cn2cncc2Oc2ccc(-c3ccccc3)cc2)cc1. The van der Waals surface area contributed by atoms with Gasteiger partial charge in [-0.15, -0.1) is 0 Å². The summed E-state index contributed by atoms with van der Waals surface area (Å²) in [6.07, 6.45) is 3.54. The van der Waals surface area contributed by atoms with Gasteiger partial charge in [-0.1, -0.05) is 72.8 Å². The van der Waals surface area contributed by atoms with Crippen molar-refractivity contribution in [1.29, 1.82) is 0 Å². The molecule has 0 saturated heterocycles. The van der Waals surface area contributed by atoms with Crippen molar-refractivity contribution < 1.29 is 4.74 Å². The minimum Gasteiger partial charge on any atom is -0.439 e. The van der Waals surface area contributed by atoms with Gasteiger partial charge >= 0.3 is 0 Å². The summed E-state index contributed by atoms with van der Waals surface area (Å²) in [5.41, 5.74) is 3.58. The molecule has 0 unspecified atom stereocenters. The molecule has 3 heteroatoms. The number of ether oxygens (including phenoxy) is 1. The van der Waals surface area contributed by atoms with Gasteiger partial charge in [0, 0.05) is 0 Å². The van der Waals surface area contributed by atoms with Crippen molar-refractivity contribution in [3.05, 3.63) is 103 Å². The van der Waals surface area contributed by atoms with E-state index in [0.717, 1.165) is 18.2 Å². The van der Waals surface area contributed by atoms with Crippen molar-refractivity contribution in [3.63, 3.8) is 0 Å². The molecule has 0 radical (unpaired) electrons. The van der Waals surface area contributed by atoms with Crippen molar-refractivity contribution >= 4 is 0 Å². The number of hydrogen-bond acceptors (Lipinski definition) is 2. The summed E-state index contributed by atoms with van der Waals surface area (Å²) in [5.74, 6) is 1.53. The third-order valence-electron chi connectivity index (χ3n) is 4.05. The van der Waals surface area contributed by atoms with Crippen LogP contribution in [0.3, 0.4) is 0 Å². The Morgan fingerprint density at radius 1 is 0.720 bits per heavy atom. The predicted octanol–water partition coefficient (Wildman–Crippen LogP) is 5.39. The summed E-state index contributed by atoms with van der Waals surface area (Å²) in [7, 11) is 0. The van der Waals surface area contributed by atoms with E-state index in [0.29, 0.717) is 0 Å². The molecule has 0 fully saturated rings. The van der Waals surface area contributed by atoms with Crippen LogP contribution in [0, 0.1) is 0 Å². The highest BCUT2D eigenvalue weighted by Gasteiger charge is 2.06. The lowest BCUT2D eigenvalue weighted by atomic mass is 10.1. The van der Waals surface area contributed by atoms with E-state index in [-0.39, 0.29) is 0 Å². The molecule has 122 valence electrons. The normalized spacial score (nSPS) is 10.6. The van der Waals surface area contributed by atoms with Crippen LogP contribution >= 0.6 is 0 Å². The highest BCUT2D eigenvalue weighted by molar-refractivity contribution is 5.63. The molecule has 0 bridgehead atoms. The summed E-state index contributed by atoms with van der Waals surface area (Å²) in [5, 5.41) is 0. The summed E-state index contributed by atoms with van der Waals surface area (Å²) in [6.45, 7) is 0.734. The van der Waals surface area contributed by atoms with Gasteiger partial charge in [-0.2, -0.15) is 0 Å². The largest absolute Gasteiger partial charge is 0.439 e. The maximum Gasteiger partial charge on any atom is 0.219 e. The fourth-order valence-electron chi connectivity index (χ4n) is 2.76. The molecule has 0 aliphatic heterocycles. The Kier molecular flexibility index (Phi) is 4.29. The molecule has 0 amide bonds. The molecule has 0 aliphatic rings. The van der Waals surface area contributed by atoms with Crippen LogP contribution in [-0.4, -0.2) is 9.55 Å². The molecule has 0 atom stereocenters. The van der Waals surface area contributed by atoms with E-state index in [9.17, 15) is 0 Å². The molecule has 3 nitrogen and oxygen atoms in total. The van der Waals surface area contributed by atoms with Gasteiger partial charge in [0.25, 0.3) is 0 Å². The Labute approximate surface area is 147 Å². The van der Waals surface area contributed by atoms with Gasteiger partial charge in [0.05, 0.1) is 19.1 Å². The van der Waals surface area contributed by atoms with Crippen LogP contribution in [0.25, 0.3) is 11.1 Å². The summed E-state index contributed by atoms with van der Waals surface area (Å²) in [6, 6.07) is 28.7. The Bertz CT molecular complexity index is 929. The Hall–Kier alpha value is -3.33. The molecular weight excluding hydrogens is 308 g/mol. The fraction of sp³-hybridized carbons (Fsp3) is 0.0455. The minimum absolute atomic E-state index is 0.733. The van der Waals surface area contributed by atoms with Gasteiger partial charge in [0.15, 0.2) is 0 Å². The second-order valence-electron chi connectivity index (χ2n) is 5.84. The zero-order valence-electron chi connectivity index (χ0n) is 13.7. The van der Waals surface area contributed by atoms with E-state index in [1.54, 1.807) is 12.5 Å². The van der Waals surface area contributed by atoms with E-state index in [4.69, 9.17) is 4.74 Å². The summed E-state index contributed by atoms with van der Waals surface area (Å²) in [4.78, 5) is 4.22. The maximum atomic E-state index is 6.01. The molecular formula is C22H18N2O. The topological polar surface area (TPSA) is 27.1 Å². The number of imidazole rings is 1. The predicted molar refractivity (Wildman–Crippen MR) is 99.7 cm³/mol. The Morgan fingerprint density at radius 3 is 2.08 bits per heavy atom. The first kappa shape index (κ1) is 15.2. The second-order valence-corrected chi connectivity index (χ2v) is 5.84. The van der Waals surface area contributed by atoms with Crippen molar-refractivity contribution in [2.24, 2.45) is 0 Å². The molecule has 4 aromatic rings. The number of nitrogens with zero attached hydrogens (tertiary/aromatic N) is 2. The lowest BCUT2D eigenvalue weighted by Crippen LogP contribution is -2.00. The molecule has 1 heterocycles. The van der Waals surface area contributed by atoms with Crippen molar-refractivity contribution in [2.45, 2.75) is 6.54 Å². The third kappa shape index (κ3) is 3.61. The van der Waals surface area contributed by atoms with Gasteiger partial charge < -0.3 is 4.74 Å². The lowest BCUT2D eigenvalue weighted by Gasteiger charge is -2.10. The molecule has 0 saturated carbocycles. The first-order valence-corrected chi connectivity index (χ1v) is 8.26. The van der Waals surface area contributed by atoms with Crippen LogP contribution < -0.4 is 4.74 Å². The maximum absolute atomic E-state index is 6.01. The number of aromatic nitrogens is 2. The lowest BCUT2D eigenvalue weighted by molar-refractivity contribution is 0.436. The highest BCUT2D eigenvalue weighted by atomic mass is 16.5. The average molecular weight is 326 g/mol. The van der Waals surface area contributed by atoms with Crippen LogP contribution in [0.1, 0.15) is 5.56 Å². The molecule has 3 aromatic carbocycles. The van der Waals surface area contributed by atoms with Gasteiger partial charge in [0.2, 0.25) is 5.88 Å². The van der Waals surface area contributed by atoms with Crippen LogP contribution in [0.4, 0.5) is 0 Å². The first-order valence-electron chi connectivity index (χ1n) is 8.26. The number of hydrogen-bond donors (Lipinski definition) is 0. The monoisotopic (exact) mass is 326 g/mol. The quantitative estimate of drug-likeness (QED) is 0.491. The fourth-order valence-corrected chi connectivity index (χ4v) is 2.76. The van der Waals surface area contributed by atoms with Crippen LogP contribution in [0.15, 0.2) is 97.5 Å². The zero-order chi connectivity index (χ0) is 16.9. The molecule has 0 spiro atoms. The van der Waals surface area contributed by atoms with E-state index >= 15 is 0 Å².